The first-order valence-electron chi connectivity index (χ1n) is 10.4. The van der Waals surface area contributed by atoms with Crippen LogP contribution in [-0.4, -0.2) is 34.7 Å². The second-order valence-corrected chi connectivity index (χ2v) is 8.52. The Bertz CT molecular complexity index is 716. The molecule has 2 rings (SSSR count). The van der Waals surface area contributed by atoms with Crippen LogP contribution in [0.15, 0.2) is 30.3 Å². The van der Waals surface area contributed by atoms with Gasteiger partial charge < -0.3 is 15.7 Å². The molecule has 1 aromatic carbocycles. The first kappa shape index (κ1) is 24.2. The van der Waals surface area contributed by atoms with Crippen LogP contribution in [0.4, 0.5) is 13.2 Å². The Morgan fingerprint density at radius 3 is 2.30 bits per heavy atom. The zero-order valence-corrected chi connectivity index (χ0v) is 17.6. The van der Waals surface area contributed by atoms with Crippen molar-refractivity contribution in [2.75, 3.05) is 0 Å². The smallest absolute Gasteiger partial charge is 0.380 e. The molecule has 0 saturated heterocycles. The quantitative estimate of drug-likeness (QED) is 0.559. The summed E-state index contributed by atoms with van der Waals surface area (Å²) in [5.41, 5.74) is -2.38. The van der Waals surface area contributed by atoms with Crippen molar-refractivity contribution in [2.24, 2.45) is 11.8 Å². The minimum Gasteiger partial charge on any atom is -0.380 e. The van der Waals surface area contributed by atoms with Gasteiger partial charge in [-0.15, -0.1) is 0 Å². The predicted molar refractivity (Wildman–Crippen MR) is 107 cm³/mol. The van der Waals surface area contributed by atoms with Crippen molar-refractivity contribution in [2.45, 2.75) is 76.7 Å². The van der Waals surface area contributed by atoms with E-state index in [1.165, 1.54) is 0 Å². The summed E-state index contributed by atoms with van der Waals surface area (Å²) in [4.78, 5) is 24.9. The Morgan fingerprint density at radius 1 is 1.17 bits per heavy atom. The lowest BCUT2D eigenvalue weighted by Crippen LogP contribution is -2.51. The van der Waals surface area contributed by atoms with E-state index in [-0.39, 0.29) is 11.8 Å². The van der Waals surface area contributed by atoms with E-state index in [2.05, 4.69) is 17.6 Å². The third-order valence-corrected chi connectivity index (χ3v) is 5.76. The molecule has 1 aliphatic carbocycles. The van der Waals surface area contributed by atoms with Crippen molar-refractivity contribution < 1.29 is 27.9 Å². The van der Waals surface area contributed by atoms with Gasteiger partial charge in [-0.05, 0) is 38.2 Å². The van der Waals surface area contributed by atoms with E-state index in [1.54, 1.807) is 31.2 Å². The molecule has 0 bridgehead atoms. The molecule has 168 valence electrons. The van der Waals surface area contributed by atoms with E-state index in [9.17, 15) is 27.9 Å². The normalized spacial score (nSPS) is 22.9. The summed E-state index contributed by atoms with van der Waals surface area (Å²) in [5, 5.41) is 15.0. The summed E-state index contributed by atoms with van der Waals surface area (Å²) in [6.07, 6.45) is -2.20. The maximum atomic E-state index is 12.9. The summed E-state index contributed by atoms with van der Waals surface area (Å²) in [6.45, 7) is 4.30. The van der Waals surface area contributed by atoms with Crippen LogP contribution in [0.25, 0.3) is 0 Å². The van der Waals surface area contributed by atoms with Gasteiger partial charge in [-0.2, -0.15) is 13.2 Å². The van der Waals surface area contributed by atoms with Gasteiger partial charge in [0.25, 0.3) is 0 Å². The molecule has 5 nitrogen and oxygen atoms in total. The zero-order valence-electron chi connectivity index (χ0n) is 17.6. The van der Waals surface area contributed by atoms with Gasteiger partial charge in [0.05, 0.1) is 18.5 Å². The predicted octanol–water partition coefficient (Wildman–Crippen LogP) is 3.88. The number of carbonyl (C=O) groups is 2. The fourth-order valence-electron chi connectivity index (χ4n) is 3.82. The number of nitrogens with one attached hydrogen (secondary N) is 2. The minimum absolute atomic E-state index is 0.0818. The molecule has 1 saturated carbocycles. The highest BCUT2D eigenvalue weighted by molar-refractivity contribution is 5.80. The van der Waals surface area contributed by atoms with Crippen molar-refractivity contribution in [3.05, 3.63) is 35.9 Å². The first-order valence-corrected chi connectivity index (χ1v) is 10.4. The molecule has 1 aliphatic rings. The summed E-state index contributed by atoms with van der Waals surface area (Å²) in [7, 11) is 0. The third kappa shape index (κ3) is 6.20. The highest BCUT2D eigenvalue weighted by atomic mass is 19.4. The molecule has 3 N–H and O–H groups in total. The summed E-state index contributed by atoms with van der Waals surface area (Å²) in [6, 6.07) is 7.72. The minimum atomic E-state index is -4.92. The van der Waals surface area contributed by atoms with Crippen molar-refractivity contribution in [3.8, 4) is 0 Å². The Morgan fingerprint density at radius 2 is 1.77 bits per heavy atom. The molecular weight excluding hydrogens is 397 g/mol. The van der Waals surface area contributed by atoms with Crippen LogP contribution in [-0.2, 0) is 9.59 Å². The number of hydrogen-bond donors (Lipinski definition) is 3. The van der Waals surface area contributed by atoms with E-state index >= 15 is 0 Å². The Kier molecular flexibility index (Phi) is 7.91. The van der Waals surface area contributed by atoms with E-state index in [1.807, 2.05) is 6.07 Å². The topological polar surface area (TPSA) is 78.4 Å². The van der Waals surface area contributed by atoms with E-state index < -0.39 is 36.2 Å². The van der Waals surface area contributed by atoms with Crippen LogP contribution < -0.4 is 10.6 Å². The second-order valence-electron chi connectivity index (χ2n) is 8.52. The fourth-order valence-corrected chi connectivity index (χ4v) is 3.82. The van der Waals surface area contributed by atoms with Gasteiger partial charge >= 0.3 is 6.18 Å². The number of halogens is 3. The van der Waals surface area contributed by atoms with Crippen molar-refractivity contribution in [3.63, 3.8) is 0 Å². The van der Waals surface area contributed by atoms with Gasteiger partial charge in [-0.25, -0.2) is 0 Å². The van der Waals surface area contributed by atoms with Gasteiger partial charge in [0.2, 0.25) is 11.8 Å². The molecule has 0 radical (unpaired) electrons. The van der Waals surface area contributed by atoms with Gasteiger partial charge in [0, 0.05) is 5.92 Å². The van der Waals surface area contributed by atoms with Crippen LogP contribution in [0.5, 0.6) is 0 Å². The SMILES string of the molecule is CCCC1CC(C(=O)NC(c2ccccc2)C(C)NC(=O)CC(C)(O)C(F)(F)F)C1. The maximum absolute atomic E-state index is 12.9. The van der Waals surface area contributed by atoms with E-state index in [0.717, 1.165) is 31.2 Å². The Labute approximate surface area is 175 Å². The second kappa shape index (κ2) is 9.81. The number of carbonyl (C=O) groups excluding carboxylic acids is 2. The van der Waals surface area contributed by atoms with Gasteiger partial charge in [0.1, 0.15) is 0 Å². The van der Waals surface area contributed by atoms with E-state index in [0.29, 0.717) is 12.8 Å². The molecule has 0 aromatic heterocycles. The van der Waals surface area contributed by atoms with Crippen LogP contribution in [0, 0.1) is 11.8 Å². The average Bonchev–Trinajstić information content (AvgIpc) is 2.61. The van der Waals surface area contributed by atoms with Crippen molar-refractivity contribution in [1.29, 1.82) is 0 Å². The lowest BCUT2D eigenvalue weighted by Gasteiger charge is -2.36. The molecule has 0 heterocycles. The summed E-state index contributed by atoms with van der Waals surface area (Å²) < 4.78 is 38.6. The van der Waals surface area contributed by atoms with Crippen molar-refractivity contribution >= 4 is 11.8 Å². The number of alkyl halides is 3. The standard InChI is InChI=1S/C22H31F3N2O3/c1-4-8-15-11-17(12-15)20(29)27-19(16-9-6-5-7-10-16)14(2)26-18(28)13-21(3,30)22(23,24)25/h5-7,9-10,14-15,17,19,30H,4,8,11-13H2,1-3H3,(H,26,28)(H,27,29). The van der Waals surface area contributed by atoms with Gasteiger partial charge in [-0.3, -0.25) is 9.59 Å². The maximum Gasteiger partial charge on any atom is 0.417 e. The molecule has 1 fully saturated rings. The van der Waals surface area contributed by atoms with Crippen LogP contribution in [0.1, 0.15) is 64.5 Å². The van der Waals surface area contributed by atoms with Crippen LogP contribution in [0.2, 0.25) is 0 Å². The van der Waals surface area contributed by atoms with Crippen LogP contribution in [0.3, 0.4) is 0 Å². The largest absolute Gasteiger partial charge is 0.417 e. The van der Waals surface area contributed by atoms with Gasteiger partial charge in [0.15, 0.2) is 5.60 Å². The van der Waals surface area contributed by atoms with Gasteiger partial charge in [-0.1, -0.05) is 50.1 Å². The molecular formula is C22H31F3N2O3. The molecule has 0 aliphatic heterocycles. The molecule has 3 unspecified atom stereocenters. The van der Waals surface area contributed by atoms with Crippen LogP contribution >= 0.6 is 0 Å². The number of hydrogen-bond acceptors (Lipinski definition) is 3. The number of benzene rings is 1. The average molecular weight is 428 g/mol. The summed E-state index contributed by atoms with van der Waals surface area (Å²) >= 11 is 0. The highest BCUT2D eigenvalue weighted by Gasteiger charge is 2.51. The zero-order chi connectivity index (χ0) is 22.5. The lowest BCUT2D eigenvalue weighted by molar-refractivity contribution is -0.253. The Hall–Kier alpha value is -2.09. The molecule has 30 heavy (non-hydrogen) atoms. The Balaban J connectivity index is 2.04. The molecule has 3 atom stereocenters. The molecule has 2 amide bonds. The molecule has 8 heteroatoms. The third-order valence-electron chi connectivity index (χ3n) is 5.76. The highest BCUT2D eigenvalue weighted by Crippen LogP contribution is 2.37. The van der Waals surface area contributed by atoms with Crippen molar-refractivity contribution in [1.82, 2.24) is 10.6 Å². The number of rotatable bonds is 9. The number of aliphatic hydroxyl groups is 1. The number of amides is 2. The first-order chi connectivity index (χ1) is 13.9. The summed E-state index contributed by atoms with van der Waals surface area (Å²) in [5.74, 6) is -0.574. The fraction of sp³-hybridized carbons (Fsp3) is 0.636. The molecule has 1 aromatic rings. The lowest BCUT2D eigenvalue weighted by atomic mass is 9.72. The monoisotopic (exact) mass is 428 g/mol. The molecule has 0 spiro atoms. The van der Waals surface area contributed by atoms with E-state index in [4.69, 9.17) is 0 Å².